The van der Waals surface area contributed by atoms with Crippen molar-refractivity contribution in [3.05, 3.63) is 23.8 Å². The summed E-state index contributed by atoms with van der Waals surface area (Å²) in [6.07, 6.45) is 2.45. The van der Waals surface area contributed by atoms with E-state index < -0.39 is 0 Å². The average Bonchev–Trinajstić information content (AvgIpc) is 2.85. The summed E-state index contributed by atoms with van der Waals surface area (Å²) >= 11 is 0. The predicted octanol–water partition coefficient (Wildman–Crippen LogP) is 2.58. The lowest BCUT2D eigenvalue weighted by molar-refractivity contribution is 0.411. The molecule has 1 aliphatic heterocycles. The van der Waals surface area contributed by atoms with E-state index in [2.05, 4.69) is 42.3 Å². The van der Waals surface area contributed by atoms with E-state index in [-0.39, 0.29) is 0 Å². The van der Waals surface area contributed by atoms with Crippen LogP contribution in [0.5, 0.6) is 5.75 Å². The second-order valence-corrected chi connectivity index (χ2v) is 5.04. The fraction of sp³-hybridized carbons (Fsp3) is 0.600. The second-order valence-electron chi connectivity index (χ2n) is 5.04. The molecule has 3 heteroatoms. The van der Waals surface area contributed by atoms with Crippen molar-refractivity contribution in [1.82, 2.24) is 5.32 Å². The van der Waals surface area contributed by atoms with Gasteiger partial charge in [0, 0.05) is 24.8 Å². The van der Waals surface area contributed by atoms with Gasteiger partial charge in [-0.3, -0.25) is 0 Å². The number of ether oxygens (including phenoxy) is 1. The molecule has 1 aliphatic rings. The highest BCUT2D eigenvalue weighted by Crippen LogP contribution is 2.26. The van der Waals surface area contributed by atoms with Gasteiger partial charge in [-0.1, -0.05) is 6.92 Å². The predicted molar refractivity (Wildman–Crippen MR) is 76.6 cm³/mol. The Hall–Kier alpha value is -1.22. The molecule has 0 bridgehead atoms. The standard InChI is InChI=1S/C15H24N2O/c1-4-8-16-13-7-9-17(11-13)14-5-6-15(18-3)12(2)10-14/h5-6,10,13,16H,4,7-9,11H2,1-3H3. The number of nitrogens with zero attached hydrogens (tertiary/aromatic N) is 1. The molecule has 1 heterocycles. The third-order valence-electron chi connectivity index (χ3n) is 3.61. The van der Waals surface area contributed by atoms with Crippen molar-refractivity contribution in [2.24, 2.45) is 0 Å². The highest BCUT2D eigenvalue weighted by molar-refractivity contribution is 5.53. The average molecular weight is 248 g/mol. The van der Waals surface area contributed by atoms with Gasteiger partial charge in [0.1, 0.15) is 5.75 Å². The molecular weight excluding hydrogens is 224 g/mol. The summed E-state index contributed by atoms with van der Waals surface area (Å²) in [5.74, 6) is 0.971. The molecule has 1 N–H and O–H groups in total. The number of aryl methyl sites for hydroxylation is 1. The molecule has 0 aromatic heterocycles. The van der Waals surface area contributed by atoms with E-state index in [0.717, 1.165) is 25.4 Å². The van der Waals surface area contributed by atoms with Crippen LogP contribution in [0.2, 0.25) is 0 Å². The minimum atomic E-state index is 0.646. The molecular formula is C15H24N2O. The van der Waals surface area contributed by atoms with Crippen LogP contribution in [0, 0.1) is 6.92 Å². The molecule has 0 spiro atoms. The van der Waals surface area contributed by atoms with Crippen LogP contribution in [0.25, 0.3) is 0 Å². The van der Waals surface area contributed by atoms with Crippen LogP contribution in [-0.4, -0.2) is 32.8 Å². The molecule has 1 aromatic rings. The lowest BCUT2D eigenvalue weighted by atomic mass is 10.2. The maximum Gasteiger partial charge on any atom is 0.121 e. The lowest BCUT2D eigenvalue weighted by Crippen LogP contribution is -2.32. The summed E-state index contributed by atoms with van der Waals surface area (Å²) in [6.45, 7) is 7.71. The molecule has 1 saturated heterocycles. The van der Waals surface area contributed by atoms with Crippen molar-refractivity contribution in [1.29, 1.82) is 0 Å². The van der Waals surface area contributed by atoms with Crippen molar-refractivity contribution in [3.63, 3.8) is 0 Å². The SMILES string of the molecule is CCCNC1CCN(c2ccc(OC)c(C)c2)C1. The molecule has 1 unspecified atom stereocenters. The van der Waals surface area contributed by atoms with Crippen molar-refractivity contribution >= 4 is 5.69 Å². The van der Waals surface area contributed by atoms with Gasteiger partial charge in [-0.2, -0.15) is 0 Å². The van der Waals surface area contributed by atoms with Gasteiger partial charge in [0.05, 0.1) is 7.11 Å². The van der Waals surface area contributed by atoms with Crippen molar-refractivity contribution in [2.45, 2.75) is 32.7 Å². The molecule has 18 heavy (non-hydrogen) atoms. The Kier molecular flexibility index (Phi) is 4.48. The van der Waals surface area contributed by atoms with Crippen LogP contribution < -0.4 is 15.0 Å². The Labute approximate surface area is 110 Å². The largest absolute Gasteiger partial charge is 0.496 e. The molecule has 1 aromatic carbocycles. The van der Waals surface area contributed by atoms with E-state index in [0.29, 0.717) is 6.04 Å². The van der Waals surface area contributed by atoms with E-state index in [9.17, 15) is 0 Å². The second kappa shape index (κ2) is 6.10. The molecule has 3 nitrogen and oxygen atoms in total. The Morgan fingerprint density at radius 1 is 1.44 bits per heavy atom. The third kappa shape index (κ3) is 2.96. The maximum atomic E-state index is 5.31. The summed E-state index contributed by atoms with van der Waals surface area (Å²) in [6, 6.07) is 7.10. The molecule has 1 fully saturated rings. The van der Waals surface area contributed by atoms with Gasteiger partial charge >= 0.3 is 0 Å². The van der Waals surface area contributed by atoms with Gasteiger partial charge in [0.25, 0.3) is 0 Å². The fourth-order valence-corrected chi connectivity index (χ4v) is 2.57. The highest BCUT2D eigenvalue weighted by Gasteiger charge is 2.22. The summed E-state index contributed by atoms with van der Waals surface area (Å²) in [4.78, 5) is 2.46. The normalized spacial score (nSPS) is 19.3. The summed E-state index contributed by atoms with van der Waals surface area (Å²) < 4.78 is 5.31. The van der Waals surface area contributed by atoms with Crippen LogP contribution >= 0.6 is 0 Å². The minimum absolute atomic E-state index is 0.646. The monoisotopic (exact) mass is 248 g/mol. The molecule has 100 valence electrons. The summed E-state index contributed by atoms with van der Waals surface area (Å²) in [7, 11) is 1.72. The van der Waals surface area contributed by atoms with Crippen LogP contribution in [0.1, 0.15) is 25.3 Å². The van der Waals surface area contributed by atoms with E-state index >= 15 is 0 Å². The first-order chi connectivity index (χ1) is 8.74. The van der Waals surface area contributed by atoms with E-state index in [1.54, 1.807) is 7.11 Å². The van der Waals surface area contributed by atoms with Crippen molar-refractivity contribution < 1.29 is 4.74 Å². The fourth-order valence-electron chi connectivity index (χ4n) is 2.57. The van der Waals surface area contributed by atoms with Crippen LogP contribution in [0.15, 0.2) is 18.2 Å². The number of benzene rings is 1. The number of methoxy groups -OCH3 is 1. The number of anilines is 1. The Bertz CT molecular complexity index is 392. The first kappa shape index (κ1) is 13.2. The van der Waals surface area contributed by atoms with Crippen LogP contribution in [0.3, 0.4) is 0 Å². The first-order valence-corrected chi connectivity index (χ1v) is 6.87. The van der Waals surface area contributed by atoms with Crippen LogP contribution in [-0.2, 0) is 0 Å². The first-order valence-electron chi connectivity index (χ1n) is 6.87. The van der Waals surface area contributed by atoms with Gasteiger partial charge in [-0.25, -0.2) is 0 Å². The van der Waals surface area contributed by atoms with E-state index in [1.165, 1.54) is 24.1 Å². The third-order valence-corrected chi connectivity index (χ3v) is 3.61. The van der Waals surface area contributed by atoms with Gasteiger partial charge in [0.2, 0.25) is 0 Å². The van der Waals surface area contributed by atoms with E-state index in [1.807, 2.05) is 0 Å². The quantitative estimate of drug-likeness (QED) is 0.867. The smallest absolute Gasteiger partial charge is 0.121 e. The lowest BCUT2D eigenvalue weighted by Gasteiger charge is -2.20. The van der Waals surface area contributed by atoms with E-state index in [4.69, 9.17) is 4.74 Å². The zero-order chi connectivity index (χ0) is 13.0. The Morgan fingerprint density at radius 2 is 2.28 bits per heavy atom. The van der Waals surface area contributed by atoms with Gasteiger partial charge in [-0.05, 0) is 50.1 Å². The molecule has 0 saturated carbocycles. The number of hydrogen-bond acceptors (Lipinski definition) is 3. The number of nitrogens with one attached hydrogen (secondary N) is 1. The molecule has 1 atom stereocenters. The summed E-state index contributed by atoms with van der Waals surface area (Å²) in [5.41, 5.74) is 2.52. The van der Waals surface area contributed by atoms with Gasteiger partial charge in [-0.15, -0.1) is 0 Å². The molecule has 0 aliphatic carbocycles. The molecule has 0 radical (unpaired) electrons. The van der Waals surface area contributed by atoms with Gasteiger partial charge in [0.15, 0.2) is 0 Å². The Morgan fingerprint density at radius 3 is 2.94 bits per heavy atom. The highest BCUT2D eigenvalue weighted by atomic mass is 16.5. The minimum Gasteiger partial charge on any atom is -0.496 e. The van der Waals surface area contributed by atoms with Crippen molar-refractivity contribution in [3.8, 4) is 5.75 Å². The number of rotatable bonds is 5. The van der Waals surface area contributed by atoms with Crippen molar-refractivity contribution in [2.75, 3.05) is 31.6 Å². The van der Waals surface area contributed by atoms with Crippen LogP contribution in [0.4, 0.5) is 5.69 Å². The Balaban J connectivity index is 1.98. The maximum absolute atomic E-state index is 5.31. The van der Waals surface area contributed by atoms with Gasteiger partial charge < -0.3 is 15.0 Å². The molecule has 0 amide bonds. The zero-order valence-electron chi connectivity index (χ0n) is 11.7. The summed E-state index contributed by atoms with van der Waals surface area (Å²) in [5, 5.41) is 3.60. The molecule has 2 rings (SSSR count). The number of hydrogen-bond donors (Lipinski definition) is 1. The topological polar surface area (TPSA) is 24.5 Å². The zero-order valence-corrected chi connectivity index (χ0v) is 11.7.